The molecule has 3 nitrogen and oxygen atoms in total. The van der Waals surface area contributed by atoms with Crippen LogP contribution >= 0.6 is 0 Å². The van der Waals surface area contributed by atoms with E-state index in [1.54, 1.807) is 0 Å². The summed E-state index contributed by atoms with van der Waals surface area (Å²) < 4.78 is 0. The summed E-state index contributed by atoms with van der Waals surface area (Å²) in [4.78, 5) is 18.9. The highest BCUT2D eigenvalue weighted by molar-refractivity contribution is 5.95. The van der Waals surface area contributed by atoms with Crippen molar-refractivity contribution in [3.63, 3.8) is 0 Å². The molecule has 0 fully saturated rings. The van der Waals surface area contributed by atoms with Crippen molar-refractivity contribution in [3.8, 4) is 0 Å². The molecule has 0 saturated heterocycles. The van der Waals surface area contributed by atoms with Crippen molar-refractivity contribution in [1.82, 2.24) is 9.88 Å². The Bertz CT molecular complexity index is 952. The smallest absolute Gasteiger partial charge is 0.233 e. The van der Waals surface area contributed by atoms with E-state index in [0.29, 0.717) is 6.54 Å². The molecule has 0 saturated carbocycles. The first-order chi connectivity index (χ1) is 12.0. The third-order valence-electron chi connectivity index (χ3n) is 5.47. The van der Waals surface area contributed by atoms with Gasteiger partial charge in [0.25, 0.3) is 0 Å². The van der Waals surface area contributed by atoms with Gasteiger partial charge in [0.05, 0.1) is 5.41 Å². The largest absolute Gasteiger partial charge is 0.358 e. The van der Waals surface area contributed by atoms with Gasteiger partial charge < -0.3 is 9.88 Å². The number of para-hydroxylation sites is 1. The lowest BCUT2D eigenvalue weighted by atomic mass is 9.80. The third kappa shape index (κ3) is 2.55. The number of nitrogens with zero attached hydrogens (tertiary/aromatic N) is 1. The Hall–Kier alpha value is -2.55. The number of carbonyl (C=O) groups is 1. The van der Waals surface area contributed by atoms with Gasteiger partial charge in [-0.25, -0.2) is 0 Å². The quantitative estimate of drug-likeness (QED) is 0.744. The zero-order chi connectivity index (χ0) is 17.6. The van der Waals surface area contributed by atoms with Crippen LogP contribution in [-0.4, -0.2) is 22.3 Å². The first-order valence-electron chi connectivity index (χ1n) is 8.92. The van der Waals surface area contributed by atoms with E-state index in [2.05, 4.69) is 62.2 Å². The molecule has 0 spiro atoms. The van der Waals surface area contributed by atoms with Crippen molar-refractivity contribution in [2.24, 2.45) is 0 Å². The van der Waals surface area contributed by atoms with Crippen LogP contribution in [0.1, 0.15) is 36.2 Å². The molecule has 1 aliphatic heterocycles. The van der Waals surface area contributed by atoms with E-state index in [1.165, 1.54) is 11.1 Å². The van der Waals surface area contributed by atoms with Gasteiger partial charge in [0.15, 0.2) is 0 Å². The summed E-state index contributed by atoms with van der Waals surface area (Å²) in [6, 6.07) is 16.7. The SMILES string of the molecule is Cc1[nH]c2ccccc2c1C(C)(C)C(=O)N1CCc2ccccc2C1. The molecule has 0 aliphatic carbocycles. The topological polar surface area (TPSA) is 36.1 Å². The van der Waals surface area contributed by atoms with Crippen LogP contribution in [0.15, 0.2) is 48.5 Å². The molecule has 1 N–H and O–H groups in total. The Morgan fingerprint density at radius 3 is 2.52 bits per heavy atom. The molecular formula is C22H24N2O. The summed E-state index contributed by atoms with van der Waals surface area (Å²) in [5.41, 5.74) is 5.38. The summed E-state index contributed by atoms with van der Waals surface area (Å²) in [5.74, 6) is 0.204. The number of hydrogen-bond donors (Lipinski definition) is 1. The minimum absolute atomic E-state index is 0.204. The van der Waals surface area contributed by atoms with Gasteiger partial charge >= 0.3 is 0 Å². The van der Waals surface area contributed by atoms with Crippen molar-refractivity contribution in [2.75, 3.05) is 6.54 Å². The molecule has 0 bridgehead atoms. The van der Waals surface area contributed by atoms with Crippen LogP contribution in [0.3, 0.4) is 0 Å². The number of benzene rings is 2. The summed E-state index contributed by atoms with van der Waals surface area (Å²) >= 11 is 0. The van der Waals surface area contributed by atoms with Gasteiger partial charge in [-0.1, -0.05) is 42.5 Å². The van der Waals surface area contributed by atoms with Gasteiger partial charge in [0, 0.05) is 29.7 Å². The lowest BCUT2D eigenvalue weighted by molar-refractivity contribution is -0.137. The van der Waals surface area contributed by atoms with E-state index in [0.717, 1.165) is 35.1 Å². The summed E-state index contributed by atoms with van der Waals surface area (Å²) in [6.45, 7) is 7.67. The number of aryl methyl sites for hydroxylation is 1. The van der Waals surface area contributed by atoms with Crippen molar-refractivity contribution < 1.29 is 4.79 Å². The van der Waals surface area contributed by atoms with Crippen LogP contribution in [-0.2, 0) is 23.2 Å². The van der Waals surface area contributed by atoms with Gasteiger partial charge in [-0.2, -0.15) is 0 Å². The van der Waals surface area contributed by atoms with Crippen LogP contribution in [0.2, 0.25) is 0 Å². The van der Waals surface area contributed by atoms with Crippen molar-refractivity contribution in [2.45, 2.75) is 39.2 Å². The van der Waals surface area contributed by atoms with Crippen molar-refractivity contribution in [1.29, 1.82) is 0 Å². The van der Waals surface area contributed by atoms with Crippen LogP contribution in [0.5, 0.6) is 0 Å². The van der Waals surface area contributed by atoms with Crippen LogP contribution in [0.4, 0.5) is 0 Å². The molecule has 1 aliphatic rings. The highest BCUT2D eigenvalue weighted by Gasteiger charge is 2.37. The third-order valence-corrected chi connectivity index (χ3v) is 5.47. The number of fused-ring (bicyclic) bond motifs is 2. The van der Waals surface area contributed by atoms with Crippen LogP contribution in [0.25, 0.3) is 10.9 Å². The molecule has 0 radical (unpaired) electrons. The summed E-state index contributed by atoms with van der Waals surface area (Å²) in [7, 11) is 0. The fourth-order valence-electron chi connectivity index (χ4n) is 4.25. The monoisotopic (exact) mass is 332 g/mol. The Balaban J connectivity index is 1.70. The molecule has 0 atom stereocenters. The molecule has 25 heavy (non-hydrogen) atoms. The number of amides is 1. The first-order valence-corrected chi connectivity index (χ1v) is 8.92. The maximum atomic E-state index is 13.4. The van der Waals surface area contributed by atoms with Crippen LogP contribution in [0, 0.1) is 6.92 Å². The predicted molar refractivity (Wildman–Crippen MR) is 102 cm³/mol. The Kier molecular flexibility index (Phi) is 3.68. The van der Waals surface area contributed by atoms with E-state index in [4.69, 9.17) is 0 Å². The molecule has 2 heterocycles. The van der Waals surface area contributed by atoms with Gasteiger partial charge in [-0.3, -0.25) is 4.79 Å². The number of rotatable bonds is 2. The molecule has 0 unspecified atom stereocenters. The van der Waals surface area contributed by atoms with Gasteiger partial charge in [0.1, 0.15) is 0 Å². The van der Waals surface area contributed by atoms with Crippen LogP contribution < -0.4 is 0 Å². The number of H-pyrrole nitrogens is 1. The number of carbonyl (C=O) groups excluding carboxylic acids is 1. The lowest BCUT2D eigenvalue weighted by Gasteiger charge is -2.35. The van der Waals surface area contributed by atoms with Gasteiger partial charge in [-0.15, -0.1) is 0 Å². The number of hydrogen-bond acceptors (Lipinski definition) is 1. The van der Waals surface area contributed by atoms with Crippen molar-refractivity contribution >= 4 is 16.8 Å². The molecule has 3 heteroatoms. The Morgan fingerprint density at radius 1 is 1.04 bits per heavy atom. The highest BCUT2D eigenvalue weighted by Crippen LogP contribution is 2.36. The molecule has 1 amide bonds. The second-order valence-corrected chi connectivity index (χ2v) is 7.54. The second kappa shape index (κ2) is 5.76. The predicted octanol–water partition coefficient (Wildman–Crippen LogP) is 4.34. The van der Waals surface area contributed by atoms with E-state index in [9.17, 15) is 4.79 Å². The molecule has 1 aromatic heterocycles. The summed E-state index contributed by atoms with van der Waals surface area (Å²) in [6.07, 6.45) is 0.935. The zero-order valence-corrected chi connectivity index (χ0v) is 15.1. The molecule has 2 aromatic carbocycles. The highest BCUT2D eigenvalue weighted by atomic mass is 16.2. The maximum absolute atomic E-state index is 13.4. The average molecular weight is 332 g/mol. The van der Waals surface area contributed by atoms with Crippen molar-refractivity contribution in [3.05, 3.63) is 70.9 Å². The second-order valence-electron chi connectivity index (χ2n) is 7.54. The van der Waals surface area contributed by atoms with E-state index < -0.39 is 5.41 Å². The van der Waals surface area contributed by atoms with Gasteiger partial charge in [-0.05, 0) is 49.9 Å². The first kappa shape index (κ1) is 15.9. The normalized spacial score (nSPS) is 14.6. The number of nitrogens with one attached hydrogen (secondary N) is 1. The number of aromatic amines is 1. The Labute approximate surface area is 148 Å². The number of aromatic nitrogens is 1. The standard InChI is InChI=1S/C22H24N2O/c1-15-20(18-10-6-7-11-19(18)23-15)22(2,3)21(25)24-13-12-16-8-4-5-9-17(16)14-24/h4-11,23H,12-14H2,1-3H3. The zero-order valence-electron chi connectivity index (χ0n) is 15.1. The minimum atomic E-state index is -0.560. The molecule has 4 rings (SSSR count). The van der Waals surface area contributed by atoms with Gasteiger partial charge in [0.2, 0.25) is 5.91 Å². The molecule has 3 aromatic rings. The lowest BCUT2D eigenvalue weighted by Crippen LogP contribution is -2.45. The van der Waals surface area contributed by atoms with E-state index >= 15 is 0 Å². The molecular weight excluding hydrogens is 308 g/mol. The van der Waals surface area contributed by atoms with E-state index in [-0.39, 0.29) is 5.91 Å². The maximum Gasteiger partial charge on any atom is 0.233 e. The summed E-state index contributed by atoms with van der Waals surface area (Å²) in [5, 5.41) is 1.15. The minimum Gasteiger partial charge on any atom is -0.358 e. The van der Waals surface area contributed by atoms with E-state index in [1.807, 2.05) is 17.0 Å². The molecule has 128 valence electrons. The Morgan fingerprint density at radius 2 is 1.72 bits per heavy atom. The fourth-order valence-corrected chi connectivity index (χ4v) is 4.25. The average Bonchev–Trinajstić information content (AvgIpc) is 2.97. The fraction of sp³-hybridized carbons (Fsp3) is 0.318.